The largest absolute Gasteiger partial charge is 0.489 e. The fourth-order valence-electron chi connectivity index (χ4n) is 4.42. The minimum absolute atomic E-state index is 0.0779. The molecule has 2 heterocycles. The van der Waals surface area contributed by atoms with Crippen LogP contribution in [0.3, 0.4) is 0 Å². The summed E-state index contributed by atoms with van der Waals surface area (Å²) in [6.45, 7) is 12.4. The zero-order chi connectivity index (χ0) is 38.1. The summed E-state index contributed by atoms with van der Waals surface area (Å²) in [6, 6.07) is 11.7. The molecule has 1 atom stereocenters. The van der Waals surface area contributed by atoms with Crippen molar-refractivity contribution in [3.63, 3.8) is 0 Å². The van der Waals surface area contributed by atoms with Crippen LogP contribution in [0.15, 0.2) is 58.1 Å². The molecule has 2 aromatic heterocycles. The SMILES string of the molecule is CCNc1nc(Cl)nc(NC(C)(C)C)n1.CCc1ccc(COc2ccc(-n3c(=O)cc(C(F)(F)F)n(C)c3=O)cc2)c(OC(C)C(=O)OC)c1. The Morgan fingerprint density at radius 1 is 0.980 bits per heavy atom. The Kier molecular flexibility index (Phi) is 13.6. The first-order valence-electron chi connectivity index (χ1n) is 15.8. The van der Waals surface area contributed by atoms with Crippen molar-refractivity contribution >= 4 is 29.5 Å². The van der Waals surface area contributed by atoms with Crippen molar-refractivity contribution in [1.82, 2.24) is 24.1 Å². The van der Waals surface area contributed by atoms with E-state index in [9.17, 15) is 27.6 Å². The number of aromatic nitrogens is 5. The van der Waals surface area contributed by atoms with E-state index in [2.05, 4.69) is 25.6 Å². The summed E-state index contributed by atoms with van der Waals surface area (Å²) in [5.74, 6) is 1.29. The highest BCUT2D eigenvalue weighted by molar-refractivity contribution is 6.28. The molecule has 2 N–H and O–H groups in total. The zero-order valence-electron chi connectivity index (χ0n) is 29.5. The van der Waals surface area contributed by atoms with Gasteiger partial charge in [-0.2, -0.15) is 28.1 Å². The molecule has 0 saturated carbocycles. The maximum atomic E-state index is 13.1. The maximum absolute atomic E-state index is 13.1. The van der Waals surface area contributed by atoms with Gasteiger partial charge in [0.2, 0.25) is 17.2 Å². The third kappa shape index (κ3) is 11.5. The van der Waals surface area contributed by atoms with Gasteiger partial charge in [-0.3, -0.25) is 9.36 Å². The third-order valence-corrected chi connectivity index (χ3v) is 7.08. The van der Waals surface area contributed by atoms with Crippen LogP contribution in [-0.4, -0.2) is 55.4 Å². The van der Waals surface area contributed by atoms with Crippen LogP contribution in [0, 0.1) is 0 Å². The van der Waals surface area contributed by atoms with Crippen LogP contribution >= 0.6 is 11.6 Å². The summed E-state index contributed by atoms with van der Waals surface area (Å²) in [6.07, 6.45) is -4.91. The smallest absolute Gasteiger partial charge is 0.431 e. The van der Waals surface area contributed by atoms with E-state index < -0.39 is 35.2 Å². The molecule has 0 amide bonds. The van der Waals surface area contributed by atoms with Crippen molar-refractivity contribution in [1.29, 1.82) is 0 Å². The van der Waals surface area contributed by atoms with E-state index in [-0.39, 0.29) is 23.1 Å². The Morgan fingerprint density at radius 3 is 2.20 bits per heavy atom. The van der Waals surface area contributed by atoms with Crippen molar-refractivity contribution in [2.75, 3.05) is 24.3 Å². The van der Waals surface area contributed by atoms with Gasteiger partial charge >= 0.3 is 17.8 Å². The summed E-state index contributed by atoms with van der Waals surface area (Å²) >= 11 is 5.77. The number of hydrogen-bond acceptors (Lipinski definition) is 11. The number of nitrogens with zero attached hydrogens (tertiary/aromatic N) is 5. The first kappa shape index (κ1) is 40.3. The lowest BCUT2D eigenvalue weighted by molar-refractivity contribution is -0.148. The van der Waals surface area contributed by atoms with E-state index in [1.165, 1.54) is 31.4 Å². The Balaban J connectivity index is 0.000000391. The lowest BCUT2D eigenvalue weighted by Gasteiger charge is -2.20. The van der Waals surface area contributed by atoms with Crippen molar-refractivity contribution < 1.29 is 32.2 Å². The van der Waals surface area contributed by atoms with E-state index >= 15 is 0 Å². The normalized spacial score (nSPS) is 11.9. The number of benzene rings is 2. The number of carbonyl (C=O) groups excluding carboxylic acids is 1. The molecular weight excluding hydrogens is 695 g/mol. The van der Waals surface area contributed by atoms with Crippen LogP contribution in [0.4, 0.5) is 25.1 Å². The Labute approximate surface area is 297 Å². The highest BCUT2D eigenvalue weighted by Crippen LogP contribution is 2.28. The van der Waals surface area contributed by atoms with Gasteiger partial charge < -0.3 is 24.8 Å². The van der Waals surface area contributed by atoms with Gasteiger partial charge in [0.15, 0.2) is 6.10 Å². The summed E-state index contributed by atoms with van der Waals surface area (Å²) in [4.78, 5) is 48.6. The van der Waals surface area contributed by atoms with Gasteiger partial charge in [-0.05, 0) is 88.5 Å². The predicted octanol–water partition coefficient (Wildman–Crippen LogP) is 5.80. The van der Waals surface area contributed by atoms with E-state index in [1.54, 1.807) is 6.92 Å². The second kappa shape index (κ2) is 17.2. The fraction of sp³-hybridized carbons (Fsp3) is 0.412. The molecular formula is C34H41ClF3N7O6. The van der Waals surface area contributed by atoms with E-state index in [1.807, 2.05) is 52.8 Å². The second-order valence-electron chi connectivity index (χ2n) is 12.1. The van der Waals surface area contributed by atoms with Crippen molar-refractivity contribution in [3.8, 4) is 17.2 Å². The van der Waals surface area contributed by atoms with E-state index in [0.29, 0.717) is 44.2 Å². The molecule has 0 spiro atoms. The quantitative estimate of drug-likeness (QED) is 0.180. The second-order valence-corrected chi connectivity index (χ2v) is 12.4. The topological polar surface area (TPSA) is 151 Å². The van der Waals surface area contributed by atoms with Crippen LogP contribution in [0.1, 0.15) is 58.4 Å². The first-order chi connectivity index (χ1) is 23.9. The molecule has 0 fully saturated rings. The summed E-state index contributed by atoms with van der Waals surface area (Å²) in [7, 11) is 2.22. The van der Waals surface area contributed by atoms with Gasteiger partial charge in [-0.15, -0.1) is 0 Å². The number of carbonyl (C=O) groups is 1. The molecule has 0 aliphatic carbocycles. The Hall–Kier alpha value is -5.12. The lowest BCUT2D eigenvalue weighted by atomic mass is 10.1. The summed E-state index contributed by atoms with van der Waals surface area (Å²) in [5.41, 5.74) is -1.91. The number of halogens is 4. The van der Waals surface area contributed by atoms with Gasteiger partial charge in [-0.25, -0.2) is 14.2 Å². The number of rotatable bonds is 11. The number of hydrogen-bond donors (Lipinski definition) is 2. The Bertz CT molecular complexity index is 1930. The highest BCUT2D eigenvalue weighted by atomic mass is 35.5. The van der Waals surface area contributed by atoms with E-state index in [0.717, 1.165) is 25.6 Å². The highest BCUT2D eigenvalue weighted by Gasteiger charge is 2.35. The molecule has 0 radical (unpaired) electrons. The molecule has 51 heavy (non-hydrogen) atoms. The molecule has 2 aromatic carbocycles. The number of nitrogens with one attached hydrogen (secondary N) is 2. The van der Waals surface area contributed by atoms with Crippen LogP contribution in [0.2, 0.25) is 5.28 Å². The van der Waals surface area contributed by atoms with Crippen LogP contribution in [0.25, 0.3) is 5.69 Å². The molecule has 17 heteroatoms. The molecule has 276 valence electrons. The fourth-order valence-corrected chi connectivity index (χ4v) is 4.58. The van der Waals surface area contributed by atoms with Gasteiger partial charge in [0.25, 0.3) is 5.56 Å². The number of anilines is 2. The van der Waals surface area contributed by atoms with Crippen molar-refractivity contribution in [2.24, 2.45) is 7.05 Å². The molecule has 1 unspecified atom stereocenters. The minimum atomic E-state index is -4.84. The van der Waals surface area contributed by atoms with Gasteiger partial charge in [0, 0.05) is 30.8 Å². The van der Waals surface area contributed by atoms with Gasteiger partial charge in [0.1, 0.15) is 23.8 Å². The summed E-state index contributed by atoms with van der Waals surface area (Å²) < 4.78 is 56.5. The number of ether oxygens (including phenoxy) is 3. The number of aryl methyl sites for hydroxylation is 1. The monoisotopic (exact) mass is 735 g/mol. The van der Waals surface area contributed by atoms with Crippen LogP contribution < -0.4 is 31.4 Å². The standard InChI is InChI=1S/C25H25F3N2O6.C9H16ClN5/c1-5-16-6-7-17(20(12-16)36-15(2)23(32)34-4)14-35-19-10-8-18(9-11-19)30-22(31)13-21(25(26,27)28)29(3)24(30)33;1-5-11-7-12-6(10)13-8(14-7)15-9(2,3)4/h6-13,15H,5,14H2,1-4H3;5H2,1-4H3,(H2,11,12,13,14,15). The predicted molar refractivity (Wildman–Crippen MR) is 187 cm³/mol. The minimum Gasteiger partial charge on any atom is -0.489 e. The zero-order valence-corrected chi connectivity index (χ0v) is 30.3. The number of methoxy groups -OCH3 is 1. The van der Waals surface area contributed by atoms with E-state index in [4.69, 9.17) is 25.8 Å². The van der Waals surface area contributed by atoms with Gasteiger partial charge in [-0.1, -0.05) is 19.1 Å². The average Bonchev–Trinajstić information content (AvgIpc) is 3.04. The van der Waals surface area contributed by atoms with Gasteiger partial charge in [0.05, 0.1) is 12.8 Å². The first-order valence-corrected chi connectivity index (χ1v) is 16.2. The molecule has 4 rings (SSSR count). The van der Waals surface area contributed by atoms with Crippen molar-refractivity contribution in [2.45, 2.75) is 72.4 Å². The lowest BCUT2D eigenvalue weighted by Crippen LogP contribution is -2.40. The maximum Gasteiger partial charge on any atom is 0.431 e. The number of alkyl halides is 3. The van der Waals surface area contributed by atoms with Crippen molar-refractivity contribution in [3.05, 3.63) is 91.5 Å². The molecule has 4 aromatic rings. The third-order valence-electron chi connectivity index (χ3n) is 6.91. The summed E-state index contributed by atoms with van der Waals surface area (Å²) in [5, 5.41) is 6.31. The van der Waals surface area contributed by atoms with Crippen LogP contribution in [0.5, 0.6) is 11.5 Å². The molecule has 0 bridgehead atoms. The molecule has 0 aliphatic rings. The molecule has 0 saturated heterocycles. The Morgan fingerprint density at radius 2 is 1.63 bits per heavy atom. The number of esters is 1. The molecule has 0 aliphatic heterocycles. The average molecular weight is 736 g/mol. The van der Waals surface area contributed by atoms with Crippen LogP contribution in [-0.2, 0) is 35.8 Å². The molecule has 13 nitrogen and oxygen atoms in total.